The second-order valence-electron chi connectivity index (χ2n) is 4.51. The Hall–Kier alpha value is -1.97. The summed E-state index contributed by atoms with van der Waals surface area (Å²) < 4.78 is 13.6. The third-order valence-corrected chi connectivity index (χ3v) is 3.41. The molecule has 20 heavy (non-hydrogen) atoms. The molecular formula is C16H11ClFNO. The second-order valence-corrected chi connectivity index (χ2v) is 4.95. The Balaban J connectivity index is 2.18. The highest BCUT2D eigenvalue weighted by Gasteiger charge is 2.16. The first-order valence-corrected chi connectivity index (χ1v) is 6.51. The molecular weight excluding hydrogens is 277 g/mol. The lowest BCUT2D eigenvalue weighted by atomic mass is 9.98. The number of pyridine rings is 1. The third kappa shape index (κ3) is 2.38. The molecule has 1 N–H and O–H groups in total. The van der Waals surface area contributed by atoms with Crippen LogP contribution in [0.4, 0.5) is 4.39 Å². The average molecular weight is 288 g/mol. The Kier molecular flexibility index (Phi) is 3.38. The molecule has 2 aromatic carbocycles. The Morgan fingerprint density at radius 3 is 2.65 bits per heavy atom. The van der Waals surface area contributed by atoms with E-state index >= 15 is 0 Å². The summed E-state index contributed by atoms with van der Waals surface area (Å²) in [6.45, 7) is 0. The van der Waals surface area contributed by atoms with Crippen LogP contribution < -0.4 is 0 Å². The molecule has 0 spiro atoms. The normalized spacial score (nSPS) is 12.6. The molecule has 0 aliphatic carbocycles. The minimum atomic E-state index is -0.948. The van der Waals surface area contributed by atoms with Crippen molar-refractivity contribution < 1.29 is 9.50 Å². The van der Waals surface area contributed by atoms with E-state index in [1.54, 1.807) is 36.4 Å². The molecule has 3 rings (SSSR count). The molecule has 0 saturated heterocycles. The SMILES string of the molecule is OC(c1cccc(Cl)c1)c1cc(F)nc2ccccc12. The first-order chi connectivity index (χ1) is 9.65. The van der Waals surface area contributed by atoms with Crippen LogP contribution in [0.15, 0.2) is 54.6 Å². The monoisotopic (exact) mass is 287 g/mol. The van der Waals surface area contributed by atoms with Gasteiger partial charge in [-0.2, -0.15) is 4.39 Å². The van der Waals surface area contributed by atoms with Crippen molar-refractivity contribution in [2.24, 2.45) is 0 Å². The van der Waals surface area contributed by atoms with Crippen molar-refractivity contribution in [1.82, 2.24) is 4.98 Å². The van der Waals surface area contributed by atoms with E-state index in [0.717, 1.165) is 5.39 Å². The van der Waals surface area contributed by atoms with Crippen molar-refractivity contribution in [2.75, 3.05) is 0 Å². The van der Waals surface area contributed by atoms with Crippen molar-refractivity contribution >= 4 is 22.5 Å². The Bertz CT molecular complexity index is 775. The summed E-state index contributed by atoms with van der Waals surface area (Å²) in [6, 6.07) is 15.3. The first-order valence-electron chi connectivity index (χ1n) is 6.14. The fourth-order valence-electron chi connectivity index (χ4n) is 2.25. The fourth-order valence-corrected chi connectivity index (χ4v) is 2.45. The molecule has 100 valence electrons. The van der Waals surface area contributed by atoms with E-state index in [0.29, 0.717) is 21.7 Å². The summed E-state index contributed by atoms with van der Waals surface area (Å²) in [4.78, 5) is 3.83. The van der Waals surface area contributed by atoms with Crippen LogP contribution in [0, 0.1) is 5.95 Å². The Labute approximate surface area is 120 Å². The predicted octanol–water partition coefficient (Wildman–Crippen LogP) is 4.11. The van der Waals surface area contributed by atoms with Crippen LogP contribution in [0.25, 0.3) is 10.9 Å². The zero-order valence-electron chi connectivity index (χ0n) is 10.4. The smallest absolute Gasteiger partial charge is 0.213 e. The summed E-state index contributed by atoms with van der Waals surface area (Å²) in [5, 5.41) is 11.7. The van der Waals surface area contributed by atoms with Crippen molar-refractivity contribution in [1.29, 1.82) is 0 Å². The highest BCUT2D eigenvalue weighted by Crippen LogP contribution is 2.29. The van der Waals surface area contributed by atoms with E-state index in [1.165, 1.54) is 6.07 Å². The van der Waals surface area contributed by atoms with Crippen LogP contribution in [0.5, 0.6) is 0 Å². The molecule has 3 aromatic rings. The lowest BCUT2D eigenvalue weighted by molar-refractivity contribution is 0.221. The number of aromatic nitrogens is 1. The minimum Gasteiger partial charge on any atom is -0.384 e. The van der Waals surface area contributed by atoms with Gasteiger partial charge >= 0.3 is 0 Å². The fraction of sp³-hybridized carbons (Fsp3) is 0.0625. The second kappa shape index (κ2) is 5.19. The molecule has 2 nitrogen and oxygen atoms in total. The average Bonchev–Trinajstić information content (AvgIpc) is 2.45. The standard InChI is InChI=1S/C16H11ClFNO/c17-11-5-3-4-10(8-11)16(20)13-9-15(18)19-14-7-2-1-6-12(13)14/h1-9,16,20H. The van der Waals surface area contributed by atoms with Crippen molar-refractivity contribution in [3.05, 3.63) is 76.7 Å². The van der Waals surface area contributed by atoms with Crippen LogP contribution in [0.2, 0.25) is 5.02 Å². The minimum absolute atomic E-state index is 0.482. The van der Waals surface area contributed by atoms with Gasteiger partial charge in [-0.3, -0.25) is 0 Å². The maximum absolute atomic E-state index is 13.6. The molecule has 1 aromatic heterocycles. The van der Waals surface area contributed by atoms with E-state index in [2.05, 4.69) is 4.98 Å². The van der Waals surface area contributed by atoms with Crippen LogP contribution >= 0.6 is 11.6 Å². The number of halogens is 2. The highest BCUT2D eigenvalue weighted by molar-refractivity contribution is 6.30. The van der Waals surface area contributed by atoms with E-state index in [9.17, 15) is 9.50 Å². The summed E-state index contributed by atoms with van der Waals surface area (Å²) in [5.41, 5.74) is 1.62. The maximum Gasteiger partial charge on any atom is 0.213 e. The van der Waals surface area contributed by atoms with Crippen LogP contribution in [0.1, 0.15) is 17.2 Å². The number of aliphatic hydroxyl groups excluding tert-OH is 1. The van der Waals surface area contributed by atoms with Gasteiger partial charge in [0.15, 0.2) is 0 Å². The van der Waals surface area contributed by atoms with Gasteiger partial charge in [-0.25, -0.2) is 4.98 Å². The highest BCUT2D eigenvalue weighted by atomic mass is 35.5. The van der Waals surface area contributed by atoms with Gasteiger partial charge in [0, 0.05) is 10.4 Å². The zero-order valence-corrected chi connectivity index (χ0v) is 11.2. The maximum atomic E-state index is 13.6. The Morgan fingerprint density at radius 2 is 1.85 bits per heavy atom. The number of nitrogens with zero attached hydrogens (tertiary/aromatic N) is 1. The number of rotatable bonds is 2. The summed E-state index contributed by atoms with van der Waals surface area (Å²) in [7, 11) is 0. The third-order valence-electron chi connectivity index (χ3n) is 3.18. The number of aliphatic hydroxyl groups is 1. The number of para-hydroxylation sites is 1. The van der Waals surface area contributed by atoms with Crippen molar-refractivity contribution in [2.45, 2.75) is 6.10 Å². The van der Waals surface area contributed by atoms with Crippen molar-refractivity contribution in [3.8, 4) is 0 Å². The van der Waals surface area contributed by atoms with E-state index < -0.39 is 12.1 Å². The van der Waals surface area contributed by atoms with Gasteiger partial charge in [0.2, 0.25) is 5.95 Å². The lowest BCUT2D eigenvalue weighted by Gasteiger charge is -2.14. The van der Waals surface area contributed by atoms with E-state index in [-0.39, 0.29) is 0 Å². The molecule has 0 saturated carbocycles. The number of hydrogen-bond donors (Lipinski definition) is 1. The summed E-state index contributed by atoms with van der Waals surface area (Å²) in [5.74, 6) is -0.611. The van der Waals surface area contributed by atoms with Gasteiger partial charge in [-0.05, 0) is 35.4 Å². The van der Waals surface area contributed by atoms with Crippen LogP contribution in [-0.2, 0) is 0 Å². The van der Waals surface area contributed by atoms with E-state index in [1.807, 2.05) is 12.1 Å². The van der Waals surface area contributed by atoms with Crippen molar-refractivity contribution in [3.63, 3.8) is 0 Å². The molecule has 1 heterocycles. The van der Waals surface area contributed by atoms with E-state index in [4.69, 9.17) is 11.6 Å². The molecule has 0 fully saturated rings. The summed E-state index contributed by atoms with van der Waals surface area (Å²) in [6.07, 6.45) is -0.948. The molecule has 4 heteroatoms. The predicted molar refractivity (Wildman–Crippen MR) is 77.2 cm³/mol. The van der Waals surface area contributed by atoms with Gasteiger partial charge in [0.25, 0.3) is 0 Å². The van der Waals surface area contributed by atoms with Gasteiger partial charge < -0.3 is 5.11 Å². The topological polar surface area (TPSA) is 33.1 Å². The molecule has 0 aliphatic heterocycles. The largest absolute Gasteiger partial charge is 0.384 e. The molecule has 1 atom stereocenters. The quantitative estimate of drug-likeness (QED) is 0.720. The number of fused-ring (bicyclic) bond motifs is 1. The number of benzene rings is 2. The van der Waals surface area contributed by atoms with Gasteiger partial charge in [-0.1, -0.05) is 41.9 Å². The van der Waals surface area contributed by atoms with Gasteiger partial charge in [0.1, 0.15) is 6.10 Å². The molecule has 0 aliphatic rings. The zero-order chi connectivity index (χ0) is 14.1. The first kappa shape index (κ1) is 13.0. The van der Waals surface area contributed by atoms with Crippen LogP contribution in [-0.4, -0.2) is 10.1 Å². The van der Waals surface area contributed by atoms with Gasteiger partial charge in [-0.15, -0.1) is 0 Å². The molecule has 1 unspecified atom stereocenters. The molecule has 0 radical (unpaired) electrons. The van der Waals surface area contributed by atoms with Crippen LogP contribution in [0.3, 0.4) is 0 Å². The molecule has 0 amide bonds. The summed E-state index contributed by atoms with van der Waals surface area (Å²) >= 11 is 5.93. The lowest BCUT2D eigenvalue weighted by Crippen LogP contribution is -2.02. The molecule has 0 bridgehead atoms. The number of hydrogen-bond acceptors (Lipinski definition) is 2. The van der Waals surface area contributed by atoms with Gasteiger partial charge in [0.05, 0.1) is 5.52 Å². The Morgan fingerprint density at radius 1 is 1.05 bits per heavy atom.